The molecule has 0 fully saturated rings. The lowest BCUT2D eigenvalue weighted by molar-refractivity contribution is 0.689. The molecule has 0 saturated carbocycles. The van der Waals surface area contributed by atoms with Gasteiger partial charge in [-0.25, -0.2) is 0 Å². The SMILES string of the molecule is NCCNCCc1cc(Cl)ccc1Cl. The first-order valence-corrected chi connectivity index (χ1v) is 5.34. The lowest BCUT2D eigenvalue weighted by Crippen LogP contribution is -2.24. The van der Waals surface area contributed by atoms with E-state index in [-0.39, 0.29) is 0 Å². The van der Waals surface area contributed by atoms with Crippen molar-refractivity contribution in [2.24, 2.45) is 5.73 Å². The van der Waals surface area contributed by atoms with E-state index in [1.54, 1.807) is 6.07 Å². The zero-order valence-electron chi connectivity index (χ0n) is 7.89. The molecule has 0 bridgehead atoms. The quantitative estimate of drug-likeness (QED) is 0.764. The minimum atomic E-state index is 0.656. The van der Waals surface area contributed by atoms with Crippen LogP contribution in [0.2, 0.25) is 10.0 Å². The largest absolute Gasteiger partial charge is 0.329 e. The minimum absolute atomic E-state index is 0.656. The van der Waals surface area contributed by atoms with Crippen LogP contribution in [0.4, 0.5) is 0 Å². The summed E-state index contributed by atoms with van der Waals surface area (Å²) in [6.45, 7) is 2.36. The van der Waals surface area contributed by atoms with E-state index in [0.29, 0.717) is 6.54 Å². The van der Waals surface area contributed by atoms with Crippen LogP contribution in [0.15, 0.2) is 18.2 Å². The molecule has 14 heavy (non-hydrogen) atoms. The zero-order valence-corrected chi connectivity index (χ0v) is 9.41. The highest BCUT2D eigenvalue weighted by Crippen LogP contribution is 2.20. The van der Waals surface area contributed by atoms with Gasteiger partial charge in [-0.3, -0.25) is 0 Å². The van der Waals surface area contributed by atoms with Gasteiger partial charge in [0, 0.05) is 23.1 Å². The second kappa shape index (κ2) is 6.25. The highest BCUT2D eigenvalue weighted by Gasteiger charge is 2.00. The topological polar surface area (TPSA) is 38.0 Å². The van der Waals surface area contributed by atoms with Gasteiger partial charge in [-0.15, -0.1) is 0 Å². The lowest BCUT2D eigenvalue weighted by atomic mass is 10.1. The van der Waals surface area contributed by atoms with Crippen molar-refractivity contribution in [2.75, 3.05) is 19.6 Å². The van der Waals surface area contributed by atoms with Gasteiger partial charge in [-0.2, -0.15) is 0 Å². The molecule has 1 aromatic rings. The molecule has 0 aliphatic rings. The molecule has 2 nitrogen and oxygen atoms in total. The Labute approximate surface area is 94.4 Å². The fourth-order valence-electron chi connectivity index (χ4n) is 1.19. The van der Waals surface area contributed by atoms with E-state index in [0.717, 1.165) is 35.1 Å². The number of hydrogen-bond acceptors (Lipinski definition) is 2. The number of nitrogens with one attached hydrogen (secondary N) is 1. The molecule has 4 heteroatoms. The van der Waals surface area contributed by atoms with E-state index in [9.17, 15) is 0 Å². The van der Waals surface area contributed by atoms with Crippen molar-refractivity contribution in [1.82, 2.24) is 5.32 Å². The molecular formula is C10H14Cl2N2. The summed E-state index contributed by atoms with van der Waals surface area (Å²) in [5.74, 6) is 0. The van der Waals surface area contributed by atoms with E-state index < -0.39 is 0 Å². The van der Waals surface area contributed by atoms with Crippen molar-refractivity contribution in [1.29, 1.82) is 0 Å². The summed E-state index contributed by atoms with van der Waals surface area (Å²) in [6, 6.07) is 5.51. The van der Waals surface area contributed by atoms with Crippen molar-refractivity contribution >= 4 is 23.2 Å². The van der Waals surface area contributed by atoms with E-state index >= 15 is 0 Å². The smallest absolute Gasteiger partial charge is 0.0439 e. The van der Waals surface area contributed by atoms with Crippen LogP contribution in [0.3, 0.4) is 0 Å². The fourth-order valence-corrected chi connectivity index (χ4v) is 1.59. The first kappa shape index (κ1) is 11.8. The highest BCUT2D eigenvalue weighted by atomic mass is 35.5. The zero-order chi connectivity index (χ0) is 10.4. The molecule has 0 aromatic heterocycles. The van der Waals surface area contributed by atoms with Crippen molar-refractivity contribution in [3.8, 4) is 0 Å². The van der Waals surface area contributed by atoms with Gasteiger partial charge in [0.1, 0.15) is 0 Å². The Kier molecular flexibility index (Phi) is 5.26. The van der Waals surface area contributed by atoms with Crippen molar-refractivity contribution < 1.29 is 0 Å². The van der Waals surface area contributed by atoms with E-state index in [1.165, 1.54) is 0 Å². The molecule has 0 spiro atoms. The number of hydrogen-bond donors (Lipinski definition) is 2. The molecule has 0 atom stereocenters. The molecule has 0 aliphatic heterocycles. The van der Waals surface area contributed by atoms with Crippen LogP contribution in [-0.2, 0) is 6.42 Å². The summed E-state index contributed by atoms with van der Waals surface area (Å²) in [4.78, 5) is 0. The summed E-state index contributed by atoms with van der Waals surface area (Å²) in [5.41, 5.74) is 6.43. The standard InChI is InChI=1S/C10H14Cl2N2/c11-9-1-2-10(12)8(7-9)3-5-14-6-4-13/h1-2,7,14H,3-6,13H2. The number of nitrogens with two attached hydrogens (primary N) is 1. The van der Waals surface area contributed by atoms with Crippen molar-refractivity contribution in [2.45, 2.75) is 6.42 Å². The molecule has 1 aromatic carbocycles. The maximum absolute atomic E-state index is 6.00. The van der Waals surface area contributed by atoms with Gasteiger partial charge >= 0.3 is 0 Å². The number of halogens is 2. The third kappa shape index (κ3) is 3.84. The Hall–Kier alpha value is -0.280. The monoisotopic (exact) mass is 232 g/mol. The summed E-state index contributed by atoms with van der Waals surface area (Å²) in [5, 5.41) is 4.70. The van der Waals surface area contributed by atoms with Gasteiger partial charge in [-0.05, 0) is 36.7 Å². The normalized spacial score (nSPS) is 10.5. The van der Waals surface area contributed by atoms with E-state index in [1.807, 2.05) is 12.1 Å². The van der Waals surface area contributed by atoms with Crippen LogP contribution in [0.25, 0.3) is 0 Å². The summed E-state index contributed by atoms with van der Waals surface area (Å²) < 4.78 is 0. The van der Waals surface area contributed by atoms with Gasteiger partial charge < -0.3 is 11.1 Å². The molecule has 0 saturated heterocycles. The third-order valence-electron chi connectivity index (χ3n) is 1.90. The van der Waals surface area contributed by atoms with Crippen LogP contribution in [0, 0.1) is 0 Å². The Morgan fingerprint density at radius 3 is 2.71 bits per heavy atom. The second-order valence-corrected chi connectivity index (χ2v) is 3.87. The molecule has 0 aliphatic carbocycles. The van der Waals surface area contributed by atoms with Crippen LogP contribution in [0.1, 0.15) is 5.56 Å². The number of benzene rings is 1. The van der Waals surface area contributed by atoms with Crippen LogP contribution in [0.5, 0.6) is 0 Å². The van der Waals surface area contributed by atoms with Crippen LogP contribution in [-0.4, -0.2) is 19.6 Å². The van der Waals surface area contributed by atoms with Crippen LogP contribution >= 0.6 is 23.2 Å². The molecule has 0 amide bonds. The van der Waals surface area contributed by atoms with Crippen molar-refractivity contribution in [3.05, 3.63) is 33.8 Å². The van der Waals surface area contributed by atoms with Gasteiger partial charge in [-0.1, -0.05) is 23.2 Å². The molecular weight excluding hydrogens is 219 g/mol. The van der Waals surface area contributed by atoms with E-state index in [2.05, 4.69) is 5.32 Å². The molecule has 0 unspecified atom stereocenters. The minimum Gasteiger partial charge on any atom is -0.329 e. The molecule has 0 radical (unpaired) electrons. The summed E-state index contributed by atoms with van der Waals surface area (Å²) >= 11 is 11.9. The van der Waals surface area contributed by atoms with Gasteiger partial charge in [0.2, 0.25) is 0 Å². The predicted molar refractivity (Wildman–Crippen MR) is 62.1 cm³/mol. The van der Waals surface area contributed by atoms with Gasteiger partial charge in [0.05, 0.1) is 0 Å². The van der Waals surface area contributed by atoms with Crippen molar-refractivity contribution in [3.63, 3.8) is 0 Å². The maximum atomic E-state index is 6.00. The fraction of sp³-hybridized carbons (Fsp3) is 0.400. The molecule has 78 valence electrons. The summed E-state index contributed by atoms with van der Waals surface area (Å²) in [6.07, 6.45) is 0.874. The first-order valence-electron chi connectivity index (χ1n) is 4.58. The maximum Gasteiger partial charge on any atom is 0.0439 e. The molecule has 0 heterocycles. The Morgan fingerprint density at radius 2 is 2.00 bits per heavy atom. The Balaban J connectivity index is 2.45. The molecule has 1 rings (SSSR count). The average Bonchev–Trinajstić information content (AvgIpc) is 2.18. The average molecular weight is 233 g/mol. The highest BCUT2D eigenvalue weighted by molar-refractivity contribution is 6.33. The lowest BCUT2D eigenvalue weighted by Gasteiger charge is -2.05. The first-order chi connectivity index (χ1) is 6.74. The molecule has 3 N–H and O–H groups in total. The van der Waals surface area contributed by atoms with E-state index in [4.69, 9.17) is 28.9 Å². The van der Waals surface area contributed by atoms with Gasteiger partial charge in [0.25, 0.3) is 0 Å². The second-order valence-electron chi connectivity index (χ2n) is 3.02. The Morgan fingerprint density at radius 1 is 1.21 bits per heavy atom. The summed E-state index contributed by atoms with van der Waals surface area (Å²) in [7, 11) is 0. The van der Waals surface area contributed by atoms with Gasteiger partial charge in [0.15, 0.2) is 0 Å². The number of rotatable bonds is 5. The Bertz CT molecular complexity index is 289. The van der Waals surface area contributed by atoms with Crippen LogP contribution < -0.4 is 11.1 Å². The third-order valence-corrected chi connectivity index (χ3v) is 2.50. The predicted octanol–water partition coefficient (Wildman–Crippen LogP) is 2.08.